The van der Waals surface area contributed by atoms with E-state index in [4.69, 9.17) is 10.1 Å². The van der Waals surface area contributed by atoms with Crippen molar-refractivity contribution in [2.24, 2.45) is 0 Å². The van der Waals surface area contributed by atoms with Gasteiger partial charge in [-0.05, 0) is 25.0 Å². The van der Waals surface area contributed by atoms with E-state index < -0.39 is 0 Å². The molecule has 3 heteroatoms. The lowest BCUT2D eigenvalue weighted by molar-refractivity contribution is 0.317. The highest BCUT2D eigenvalue weighted by atomic mass is 35.5. The van der Waals surface area contributed by atoms with Gasteiger partial charge in [0.2, 0.25) is 0 Å². The van der Waals surface area contributed by atoms with Gasteiger partial charge in [0.05, 0.1) is 6.61 Å². The molecule has 0 saturated heterocycles. The molecular formula is C11H16ClNO. The van der Waals surface area contributed by atoms with Crippen LogP contribution in [-0.2, 0) is 11.2 Å². The maximum absolute atomic E-state index is 7.50. The summed E-state index contributed by atoms with van der Waals surface area (Å²) in [6.45, 7) is 4.52. The Morgan fingerprint density at radius 3 is 2.57 bits per heavy atom. The van der Waals surface area contributed by atoms with Gasteiger partial charge in [-0.15, -0.1) is 12.4 Å². The molecule has 0 heterocycles. The molecule has 2 nitrogen and oxygen atoms in total. The molecule has 0 unspecified atom stereocenters. The molecule has 14 heavy (non-hydrogen) atoms. The second kappa shape index (κ2) is 6.44. The van der Waals surface area contributed by atoms with Crippen molar-refractivity contribution in [2.75, 3.05) is 6.61 Å². The molecule has 0 spiro atoms. The fourth-order valence-corrected chi connectivity index (χ4v) is 1.21. The van der Waals surface area contributed by atoms with Crippen molar-refractivity contribution < 1.29 is 4.74 Å². The van der Waals surface area contributed by atoms with Crippen LogP contribution in [-0.4, -0.2) is 12.5 Å². The van der Waals surface area contributed by atoms with Crippen molar-refractivity contribution in [3.63, 3.8) is 0 Å². The highest BCUT2D eigenvalue weighted by Gasteiger charge is 2.01. The van der Waals surface area contributed by atoms with Gasteiger partial charge in [-0.25, -0.2) is 0 Å². The Kier molecular flexibility index (Phi) is 5.97. The van der Waals surface area contributed by atoms with Crippen molar-refractivity contribution in [1.82, 2.24) is 0 Å². The lowest BCUT2D eigenvalue weighted by Gasteiger charge is -2.06. The molecule has 78 valence electrons. The molecule has 1 rings (SSSR count). The Morgan fingerprint density at radius 2 is 2.00 bits per heavy atom. The van der Waals surface area contributed by atoms with E-state index in [1.165, 1.54) is 11.1 Å². The van der Waals surface area contributed by atoms with Crippen LogP contribution in [0.25, 0.3) is 0 Å². The SMILES string of the molecule is CCOC(=N)Cc1ccccc1C.Cl. The van der Waals surface area contributed by atoms with Crippen LogP contribution in [0.1, 0.15) is 18.1 Å². The van der Waals surface area contributed by atoms with Crippen molar-refractivity contribution in [3.05, 3.63) is 35.4 Å². The summed E-state index contributed by atoms with van der Waals surface area (Å²) in [5.74, 6) is 0.344. The predicted octanol–water partition coefficient (Wildman–Crippen LogP) is 2.97. The quantitative estimate of drug-likeness (QED) is 0.608. The van der Waals surface area contributed by atoms with Crippen LogP contribution >= 0.6 is 12.4 Å². The minimum absolute atomic E-state index is 0. The molecule has 0 bridgehead atoms. The fraction of sp³-hybridized carbons (Fsp3) is 0.364. The largest absolute Gasteiger partial charge is 0.481 e. The average Bonchev–Trinajstić information content (AvgIpc) is 2.09. The van der Waals surface area contributed by atoms with Crippen LogP contribution in [0, 0.1) is 12.3 Å². The molecule has 1 aromatic rings. The average molecular weight is 214 g/mol. The number of ether oxygens (including phenoxy) is 1. The van der Waals surface area contributed by atoms with Gasteiger partial charge in [-0.2, -0.15) is 0 Å². The second-order valence-electron chi connectivity index (χ2n) is 2.96. The third-order valence-electron chi connectivity index (χ3n) is 1.93. The summed E-state index contributed by atoms with van der Waals surface area (Å²) in [5, 5.41) is 7.50. The summed E-state index contributed by atoms with van der Waals surface area (Å²) < 4.78 is 5.08. The molecule has 0 fully saturated rings. The molecule has 0 aromatic heterocycles. The van der Waals surface area contributed by atoms with Gasteiger partial charge in [0.15, 0.2) is 5.90 Å². The van der Waals surface area contributed by atoms with Gasteiger partial charge >= 0.3 is 0 Å². The number of halogens is 1. The van der Waals surface area contributed by atoms with Crippen LogP contribution < -0.4 is 0 Å². The molecule has 0 aliphatic rings. The number of hydrogen-bond donors (Lipinski definition) is 1. The topological polar surface area (TPSA) is 33.1 Å². The first-order chi connectivity index (χ1) is 6.24. The Balaban J connectivity index is 0.00000169. The third kappa shape index (κ3) is 3.79. The number of aryl methyl sites for hydroxylation is 1. The van der Waals surface area contributed by atoms with Crippen molar-refractivity contribution in [3.8, 4) is 0 Å². The molecule has 0 radical (unpaired) electrons. The smallest absolute Gasteiger partial charge is 0.184 e. The van der Waals surface area contributed by atoms with E-state index >= 15 is 0 Å². The van der Waals surface area contributed by atoms with E-state index in [-0.39, 0.29) is 12.4 Å². The first kappa shape index (κ1) is 13.0. The van der Waals surface area contributed by atoms with E-state index in [2.05, 4.69) is 13.0 Å². The lowest BCUT2D eigenvalue weighted by Crippen LogP contribution is -2.07. The first-order valence-corrected chi connectivity index (χ1v) is 4.48. The molecule has 0 aliphatic heterocycles. The zero-order valence-electron chi connectivity index (χ0n) is 8.54. The van der Waals surface area contributed by atoms with Gasteiger partial charge in [-0.3, -0.25) is 5.41 Å². The van der Waals surface area contributed by atoms with E-state index in [1.807, 2.05) is 25.1 Å². The summed E-state index contributed by atoms with van der Waals surface area (Å²) in [4.78, 5) is 0. The first-order valence-electron chi connectivity index (χ1n) is 4.48. The highest BCUT2D eigenvalue weighted by molar-refractivity contribution is 5.85. The van der Waals surface area contributed by atoms with Gasteiger partial charge in [-0.1, -0.05) is 24.3 Å². The van der Waals surface area contributed by atoms with Gasteiger partial charge in [0.1, 0.15) is 0 Å². The van der Waals surface area contributed by atoms with Gasteiger partial charge < -0.3 is 4.74 Å². The van der Waals surface area contributed by atoms with Crippen LogP contribution in [0.2, 0.25) is 0 Å². The molecular weight excluding hydrogens is 198 g/mol. The highest BCUT2D eigenvalue weighted by Crippen LogP contribution is 2.08. The van der Waals surface area contributed by atoms with Gasteiger partial charge in [0, 0.05) is 6.42 Å². The van der Waals surface area contributed by atoms with E-state index in [0.717, 1.165) is 0 Å². The summed E-state index contributed by atoms with van der Waals surface area (Å²) >= 11 is 0. The van der Waals surface area contributed by atoms with Crippen LogP contribution in [0.15, 0.2) is 24.3 Å². The Labute approximate surface area is 91.2 Å². The van der Waals surface area contributed by atoms with Gasteiger partial charge in [0.25, 0.3) is 0 Å². The summed E-state index contributed by atoms with van der Waals surface area (Å²) in [7, 11) is 0. The lowest BCUT2D eigenvalue weighted by atomic mass is 10.1. The summed E-state index contributed by atoms with van der Waals surface area (Å²) in [6.07, 6.45) is 0.598. The maximum Gasteiger partial charge on any atom is 0.184 e. The van der Waals surface area contributed by atoms with Crippen molar-refractivity contribution in [2.45, 2.75) is 20.3 Å². The molecule has 1 aromatic carbocycles. The second-order valence-corrected chi connectivity index (χ2v) is 2.96. The van der Waals surface area contributed by atoms with Crippen LogP contribution in [0.4, 0.5) is 0 Å². The van der Waals surface area contributed by atoms with E-state index in [1.54, 1.807) is 0 Å². The standard InChI is InChI=1S/C11H15NO.ClH/c1-3-13-11(12)8-10-7-5-4-6-9(10)2;/h4-7,12H,3,8H2,1-2H3;1H. The Hall–Kier alpha value is -1.02. The van der Waals surface area contributed by atoms with Crippen molar-refractivity contribution >= 4 is 18.3 Å². The predicted molar refractivity (Wildman–Crippen MR) is 61.5 cm³/mol. The van der Waals surface area contributed by atoms with E-state index in [9.17, 15) is 0 Å². The Bertz CT molecular complexity index is 299. The number of benzene rings is 1. The summed E-state index contributed by atoms with van der Waals surface area (Å²) in [6, 6.07) is 8.07. The number of rotatable bonds is 3. The minimum atomic E-state index is 0. The van der Waals surface area contributed by atoms with E-state index in [0.29, 0.717) is 18.9 Å². The van der Waals surface area contributed by atoms with Crippen LogP contribution in [0.3, 0.4) is 0 Å². The van der Waals surface area contributed by atoms with Crippen LogP contribution in [0.5, 0.6) is 0 Å². The molecule has 0 atom stereocenters. The maximum atomic E-state index is 7.50. The summed E-state index contributed by atoms with van der Waals surface area (Å²) in [5.41, 5.74) is 2.38. The number of hydrogen-bond acceptors (Lipinski definition) is 2. The fourth-order valence-electron chi connectivity index (χ4n) is 1.21. The molecule has 0 amide bonds. The molecule has 1 N–H and O–H groups in total. The molecule has 0 saturated carbocycles. The zero-order valence-corrected chi connectivity index (χ0v) is 9.36. The van der Waals surface area contributed by atoms with Crippen molar-refractivity contribution in [1.29, 1.82) is 5.41 Å². The Morgan fingerprint density at radius 1 is 1.36 bits per heavy atom. The minimum Gasteiger partial charge on any atom is -0.481 e. The number of nitrogens with one attached hydrogen (secondary N) is 1. The third-order valence-corrected chi connectivity index (χ3v) is 1.93. The molecule has 0 aliphatic carbocycles. The normalized spacial score (nSPS) is 9.00. The zero-order chi connectivity index (χ0) is 9.68. The monoisotopic (exact) mass is 213 g/mol.